The highest BCUT2D eigenvalue weighted by molar-refractivity contribution is 6.34. The van der Waals surface area contributed by atoms with E-state index >= 15 is 0 Å². The maximum absolute atomic E-state index is 13.9. The fraction of sp³-hybridized carbons (Fsp3) is 0.500. The van der Waals surface area contributed by atoms with Crippen LogP contribution in [0.4, 0.5) is 27.6 Å². The Morgan fingerprint density at radius 2 is 1.62 bits per heavy atom. The van der Waals surface area contributed by atoms with Gasteiger partial charge in [0.05, 0.1) is 11.1 Å². The fourth-order valence-corrected chi connectivity index (χ4v) is 6.03. The third kappa shape index (κ3) is 5.43. The molecular formula is C28H29ClF5N3O3. The minimum Gasteiger partial charge on any atom is -0.380 e. The van der Waals surface area contributed by atoms with Gasteiger partial charge in [0.15, 0.2) is 5.78 Å². The summed E-state index contributed by atoms with van der Waals surface area (Å²) in [6, 6.07) is 11.4. The van der Waals surface area contributed by atoms with E-state index in [0.717, 1.165) is 17.0 Å². The van der Waals surface area contributed by atoms with Gasteiger partial charge in [-0.1, -0.05) is 41.9 Å². The number of nitrogens with zero attached hydrogens (tertiary/aromatic N) is 2. The molecule has 2 saturated heterocycles. The number of rotatable bonds is 7. The number of benzene rings is 2. The average Bonchev–Trinajstić information content (AvgIpc) is 2.88. The molecule has 216 valence electrons. The molecule has 1 atom stereocenters. The van der Waals surface area contributed by atoms with Crippen molar-refractivity contribution in [2.24, 2.45) is 5.92 Å². The van der Waals surface area contributed by atoms with Crippen LogP contribution in [-0.2, 0) is 10.4 Å². The summed E-state index contributed by atoms with van der Waals surface area (Å²) < 4.78 is 67.9. The van der Waals surface area contributed by atoms with Crippen molar-refractivity contribution >= 4 is 29.0 Å². The smallest absolute Gasteiger partial charge is 0.380 e. The molecule has 12 heteroatoms. The molecule has 3 aliphatic rings. The van der Waals surface area contributed by atoms with Gasteiger partial charge in [-0.15, -0.1) is 0 Å². The van der Waals surface area contributed by atoms with Crippen molar-refractivity contribution < 1.29 is 36.6 Å². The molecule has 0 radical (unpaired) electrons. The number of halogens is 6. The summed E-state index contributed by atoms with van der Waals surface area (Å²) >= 11 is 6.27. The lowest BCUT2D eigenvalue weighted by atomic mass is 9.76. The van der Waals surface area contributed by atoms with Crippen LogP contribution in [0, 0.1) is 5.92 Å². The zero-order chi connectivity index (χ0) is 28.9. The number of piperidine rings is 1. The molecule has 2 heterocycles. The first-order valence-corrected chi connectivity index (χ1v) is 13.5. The molecule has 2 N–H and O–H groups in total. The molecule has 5 rings (SSSR count). The minimum absolute atomic E-state index is 0.0796. The first kappa shape index (κ1) is 28.8. The Hall–Kier alpha value is -2.76. The molecule has 2 aromatic carbocycles. The summed E-state index contributed by atoms with van der Waals surface area (Å²) in [7, 11) is 0. The largest absolute Gasteiger partial charge is 0.430 e. The Kier molecular flexibility index (Phi) is 7.60. The Labute approximate surface area is 233 Å². The number of amides is 1. The topological polar surface area (TPSA) is 72.9 Å². The van der Waals surface area contributed by atoms with Crippen molar-refractivity contribution in [2.45, 2.75) is 55.5 Å². The molecule has 40 heavy (non-hydrogen) atoms. The van der Waals surface area contributed by atoms with Crippen LogP contribution in [0.25, 0.3) is 0 Å². The van der Waals surface area contributed by atoms with Crippen molar-refractivity contribution in [1.82, 2.24) is 9.80 Å². The van der Waals surface area contributed by atoms with Crippen LogP contribution in [0.2, 0.25) is 5.02 Å². The maximum atomic E-state index is 13.9. The first-order chi connectivity index (χ1) is 18.8. The predicted molar refractivity (Wildman–Crippen MR) is 138 cm³/mol. The fourth-order valence-electron chi connectivity index (χ4n) is 5.76. The van der Waals surface area contributed by atoms with Gasteiger partial charge in [0.25, 0.3) is 11.5 Å². The van der Waals surface area contributed by atoms with Crippen molar-refractivity contribution in [3.63, 3.8) is 0 Å². The Balaban J connectivity index is 1.11. The van der Waals surface area contributed by atoms with E-state index in [4.69, 9.17) is 11.6 Å². The summed E-state index contributed by atoms with van der Waals surface area (Å²) in [6.45, 7) is 1.54. The van der Waals surface area contributed by atoms with Gasteiger partial charge in [-0.05, 0) is 31.0 Å². The summed E-state index contributed by atoms with van der Waals surface area (Å²) in [5, 5.41) is 14.1. The summed E-state index contributed by atoms with van der Waals surface area (Å²) in [5.41, 5.74) is -3.18. The highest BCUT2D eigenvalue weighted by atomic mass is 35.5. The van der Waals surface area contributed by atoms with Gasteiger partial charge in [0.1, 0.15) is 0 Å². The second-order valence-corrected chi connectivity index (χ2v) is 11.3. The maximum Gasteiger partial charge on any atom is 0.430 e. The van der Waals surface area contributed by atoms with Crippen molar-refractivity contribution in [1.29, 1.82) is 0 Å². The van der Waals surface area contributed by atoms with E-state index in [1.54, 1.807) is 18.2 Å². The molecule has 0 unspecified atom stereocenters. The number of hydrogen-bond donors (Lipinski definition) is 2. The number of ketones is 1. The molecule has 6 nitrogen and oxygen atoms in total. The third-order valence-corrected chi connectivity index (χ3v) is 8.47. The molecule has 1 saturated carbocycles. The number of carbonyl (C=O) groups is 2. The summed E-state index contributed by atoms with van der Waals surface area (Å²) in [5.74, 6) is -5.24. The molecule has 0 spiro atoms. The van der Waals surface area contributed by atoms with Crippen molar-refractivity contribution in [3.05, 3.63) is 64.7 Å². The van der Waals surface area contributed by atoms with E-state index in [1.807, 2.05) is 0 Å². The van der Waals surface area contributed by atoms with Gasteiger partial charge >= 0.3 is 6.18 Å². The quantitative estimate of drug-likeness (QED) is 0.349. The third-order valence-electron chi connectivity index (χ3n) is 8.16. The van der Waals surface area contributed by atoms with Crippen LogP contribution >= 0.6 is 11.6 Å². The normalized spacial score (nSPS) is 22.2. The van der Waals surface area contributed by atoms with E-state index in [9.17, 15) is 36.6 Å². The van der Waals surface area contributed by atoms with Gasteiger partial charge in [0.2, 0.25) is 5.92 Å². The lowest BCUT2D eigenvalue weighted by molar-refractivity contribution is -0.262. The number of carbonyl (C=O) groups excluding carboxylic acids is 2. The highest BCUT2D eigenvalue weighted by Crippen LogP contribution is 2.45. The van der Waals surface area contributed by atoms with Crippen LogP contribution in [0.15, 0.2) is 48.5 Å². The first-order valence-electron chi connectivity index (χ1n) is 13.1. The monoisotopic (exact) mass is 585 g/mol. The zero-order valence-electron chi connectivity index (χ0n) is 21.4. The Morgan fingerprint density at radius 1 is 1.00 bits per heavy atom. The van der Waals surface area contributed by atoms with Gasteiger partial charge in [0, 0.05) is 67.8 Å². The van der Waals surface area contributed by atoms with E-state index in [1.165, 1.54) is 18.2 Å². The van der Waals surface area contributed by atoms with Gasteiger partial charge in [-0.25, -0.2) is 8.78 Å². The number of Topliss-reactive ketones (excluding diaryl/α,β-unsaturated/α-hetero) is 1. The van der Waals surface area contributed by atoms with Crippen LogP contribution in [0.1, 0.15) is 41.6 Å². The molecule has 1 amide bonds. The van der Waals surface area contributed by atoms with Crippen LogP contribution in [0.3, 0.4) is 0 Å². The molecule has 2 aliphatic heterocycles. The van der Waals surface area contributed by atoms with Crippen molar-refractivity contribution in [2.75, 3.05) is 31.5 Å². The van der Waals surface area contributed by atoms with Crippen LogP contribution in [0.5, 0.6) is 0 Å². The number of nitrogens with one attached hydrogen (secondary N) is 1. The Bertz CT molecular complexity index is 1260. The van der Waals surface area contributed by atoms with Crippen molar-refractivity contribution in [3.8, 4) is 0 Å². The lowest BCUT2D eigenvalue weighted by Crippen LogP contribution is -2.62. The second-order valence-electron chi connectivity index (χ2n) is 10.9. The number of aliphatic hydroxyl groups is 1. The average molecular weight is 586 g/mol. The summed E-state index contributed by atoms with van der Waals surface area (Å²) in [4.78, 5) is 28.7. The van der Waals surface area contributed by atoms with Gasteiger partial charge in [-0.2, -0.15) is 13.2 Å². The van der Waals surface area contributed by atoms with E-state index < -0.39 is 47.9 Å². The van der Waals surface area contributed by atoms with Gasteiger partial charge in [-0.3, -0.25) is 14.5 Å². The van der Waals surface area contributed by atoms with E-state index in [0.29, 0.717) is 31.6 Å². The predicted octanol–water partition coefficient (Wildman–Crippen LogP) is 5.11. The second kappa shape index (κ2) is 10.6. The number of likely N-dealkylation sites (tertiary alicyclic amines) is 2. The molecular weight excluding hydrogens is 557 g/mol. The lowest BCUT2D eigenvalue weighted by Gasteiger charge is -2.48. The molecule has 0 bridgehead atoms. The molecule has 0 aromatic heterocycles. The number of anilines is 1. The number of alkyl halides is 5. The summed E-state index contributed by atoms with van der Waals surface area (Å²) in [6.07, 6.45) is -5.13. The molecule has 1 aliphatic carbocycles. The zero-order valence-corrected chi connectivity index (χ0v) is 22.2. The number of hydrogen-bond acceptors (Lipinski definition) is 5. The van der Waals surface area contributed by atoms with Crippen LogP contribution < -0.4 is 5.32 Å². The van der Waals surface area contributed by atoms with E-state index in [-0.39, 0.29) is 41.5 Å². The SMILES string of the molecule is O=C(c1ccc(NC2CN(C3CCN(C(=O)[C@@](O)(c4ccccc4)C(F)(F)F)CC3)C2)cc1Cl)C1CC(F)(F)C1. The van der Waals surface area contributed by atoms with Crippen LogP contribution in [-0.4, -0.2) is 77.0 Å². The molecule has 2 aromatic rings. The van der Waals surface area contributed by atoms with Gasteiger partial charge < -0.3 is 15.3 Å². The minimum atomic E-state index is -5.17. The Morgan fingerprint density at radius 3 is 2.17 bits per heavy atom. The van der Waals surface area contributed by atoms with E-state index in [2.05, 4.69) is 10.2 Å². The standard InChI is InChI=1S/C28H29ClF5N3O3/c29-23-12-19(6-7-22(23)24(38)17-13-26(30,31)14-17)35-20-15-37(16-20)21-8-10-36(11-9-21)25(39)27(40,28(32,33)34)18-4-2-1-3-5-18/h1-7,12,17,20-21,35,40H,8-11,13-16H2/t27-/m0/s1. The highest BCUT2D eigenvalue weighted by Gasteiger charge is 2.62. The molecule has 3 fully saturated rings.